The average molecular weight is 836 g/mol. The van der Waals surface area contributed by atoms with Gasteiger partial charge in [-0.15, -0.1) is 20.5 Å². The van der Waals surface area contributed by atoms with E-state index in [4.69, 9.17) is 47.0 Å². The number of halogens is 2. The summed E-state index contributed by atoms with van der Waals surface area (Å²) in [4.78, 5) is 28.4. The Morgan fingerprint density at radius 2 is 0.981 bits per heavy atom. The Balaban J connectivity index is 0.000000834. The van der Waals surface area contributed by atoms with Crippen LogP contribution in [0.25, 0.3) is 0 Å². The Morgan fingerprint density at radius 1 is 0.574 bits per heavy atom. The van der Waals surface area contributed by atoms with Gasteiger partial charge in [-0.1, -0.05) is 60.7 Å². The van der Waals surface area contributed by atoms with E-state index in [1.54, 1.807) is 7.11 Å². The van der Waals surface area contributed by atoms with Gasteiger partial charge in [0.05, 0.1) is 24.2 Å². The van der Waals surface area contributed by atoms with E-state index in [1.807, 2.05) is 54.9 Å². The molecular formula is C36H39Cl2CuN5O10. The van der Waals surface area contributed by atoms with Gasteiger partial charge < -0.3 is 14.4 Å². The van der Waals surface area contributed by atoms with Crippen molar-refractivity contribution in [3.05, 3.63) is 150 Å². The van der Waals surface area contributed by atoms with Crippen LogP contribution in [-0.4, -0.2) is 32.7 Å². The Morgan fingerprint density at radius 3 is 1.41 bits per heavy atom. The zero-order valence-electron chi connectivity index (χ0n) is 29.5. The molecule has 0 bridgehead atoms. The fourth-order valence-corrected chi connectivity index (χ4v) is 4.54. The van der Waals surface area contributed by atoms with Gasteiger partial charge in [0.1, 0.15) is 17.4 Å². The standard InChI is InChI=1S/C33H33N5O.C3H6O.2ClHO4.Cu/c1-39-32-18-16-28(17-19-32)23-38(22-27-10-3-2-4-11-27)33-15-9-14-31(36-33)26-37(24-29-12-5-7-20-34-29)25-30-13-6-8-21-35-30;1-3(2)4;2*2-1(3,4)5;/h2-21H,22-26H2,1H3;1-2H3;2*(H,2,3,4,5);/q;;;;+2/p-2. The van der Waals surface area contributed by atoms with Gasteiger partial charge in [-0.05, 0) is 73.5 Å². The number of anilines is 1. The molecule has 5 rings (SSSR count). The second-order valence-electron chi connectivity index (χ2n) is 11.1. The topological polar surface area (TPSA) is 256 Å². The van der Waals surface area contributed by atoms with E-state index in [0.29, 0.717) is 19.6 Å². The maximum Gasteiger partial charge on any atom is 2.00 e. The smallest absolute Gasteiger partial charge is 0.497 e. The molecule has 2 aromatic carbocycles. The van der Waals surface area contributed by atoms with Crippen molar-refractivity contribution in [2.75, 3.05) is 12.0 Å². The van der Waals surface area contributed by atoms with Crippen LogP contribution in [0.3, 0.4) is 0 Å². The minimum atomic E-state index is -4.94. The van der Waals surface area contributed by atoms with Crippen LogP contribution in [-0.2, 0) is 54.6 Å². The number of rotatable bonds is 12. The van der Waals surface area contributed by atoms with E-state index in [2.05, 4.69) is 86.5 Å². The zero-order valence-corrected chi connectivity index (χ0v) is 31.9. The third-order valence-corrected chi connectivity index (χ3v) is 6.47. The first-order valence-electron chi connectivity index (χ1n) is 15.6. The Hall–Kier alpha value is -4.10. The van der Waals surface area contributed by atoms with Crippen LogP contribution in [0.15, 0.2) is 122 Å². The van der Waals surface area contributed by atoms with Gasteiger partial charge in [0.2, 0.25) is 0 Å². The van der Waals surface area contributed by atoms with Gasteiger partial charge in [-0.3, -0.25) is 14.9 Å². The molecule has 0 saturated carbocycles. The summed E-state index contributed by atoms with van der Waals surface area (Å²) in [6.07, 6.45) is 3.68. The predicted octanol–water partition coefficient (Wildman–Crippen LogP) is -2.63. The first-order valence-corrected chi connectivity index (χ1v) is 18.1. The van der Waals surface area contributed by atoms with Crippen molar-refractivity contribution in [2.45, 2.75) is 46.6 Å². The molecule has 0 fully saturated rings. The zero-order chi connectivity index (χ0) is 39.3. The SMILES string of the molecule is CC(C)=O.COc1ccc(CN(Cc2ccccc2)c2cccc(CN(Cc3ccccn3)Cc3ccccn3)n2)cc1.[Cu+2].[O-][Cl+3]([O-])([O-])[O-].[O-][Cl+3]([O-])([O-])[O-]. The predicted molar refractivity (Wildman–Crippen MR) is 171 cm³/mol. The van der Waals surface area contributed by atoms with Crippen molar-refractivity contribution < 1.29 is 84.4 Å². The van der Waals surface area contributed by atoms with E-state index in [-0.39, 0.29) is 22.9 Å². The van der Waals surface area contributed by atoms with Crippen LogP contribution >= 0.6 is 0 Å². The van der Waals surface area contributed by atoms with E-state index in [9.17, 15) is 4.79 Å². The van der Waals surface area contributed by atoms with Crippen LogP contribution in [0.2, 0.25) is 0 Å². The van der Waals surface area contributed by atoms with Gasteiger partial charge in [-0.2, -0.15) is 0 Å². The van der Waals surface area contributed by atoms with Gasteiger partial charge in [0.25, 0.3) is 0 Å². The van der Waals surface area contributed by atoms with Crippen LogP contribution < -0.4 is 46.9 Å². The van der Waals surface area contributed by atoms with Crippen molar-refractivity contribution >= 4 is 11.6 Å². The Kier molecular flexibility index (Phi) is 22.2. The molecule has 1 radical (unpaired) electrons. The summed E-state index contributed by atoms with van der Waals surface area (Å²) in [6, 6.07) is 37.1. The first kappa shape index (κ1) is 47.9. The van der Waals surface area contributed by atoms with Crippen LogP contribution in [0.1, 0.15) is 42.1 Å². The summed E-state index contributed by atoms with van der Waals surface area (Å²) in [6.45, 7) is 6.66. The molecule has 3 aromatic heterocycles. The average Bonchev–Trinajstić information content (AvgIpc) is 3.08. The number of carbonyl (C=O) groups is 1. The summed E-state index contributed by atoms with van der Waals surface area (Å²) in [5.41, 5.74) is 5.49. The monoisotopic (exact) mass is 834 g/mol. The summed E-state index contributed by atoms with van der Waals surface area (Å²) in [5, 5.41) is 0. The summed E-state index contributed by atoms with van der Waals surface area (Å²) >= 11 is 0. The molecule has 0 unspecified atom stereocenters. The molecule has 15 nitrogen and oxygen atoms in total. The largest absolute Gasteiger partial charge is 2.00 e. The molecule has 54 heavy (non-hydrogen) atoms. The third-order valence-electron chi connectivity index (χ3n) is 6.47. The van der Waals surface area contributed by atoms with E-state index in [1.165, 1.54) is 25.0 Å². The number of hydrogen-bond acceptors (Lipinski definition) is 15. The minimum absolute atomic E-state index is 0. The fourth-order valence-electron chi connectivity index (χ4n) is 4.54. The number of aromatic nitrogens is 3. The fraction of sp³-hybridized carbons (Fsp3) is 0.222. The number of carbonyl (C=O) groups excluding carboxylic acids is 1. The van der Waals surface area contributed by atoms with Crippen molar-refractivity contribution in [3.8, 4) is 5.75 Å². The van der Waals surface area contributed by atoms with Crippen molar-refractivity contribution in [2.24, 2.45) is 0 Å². The van der Waals surface area contributed by atoms with Crippen LogP contribution in [0, 0.1) is 20.5 Å². The van der Waals surface area contributed by atoms with E-state index < -0.39 is 20.5 Å². The van der Waals surface area contributed by atoms with E-state index >= 15 is 0 Å². The maximum absolute atomic E-state index is 9.44. The molecule has 0 saturated heterocycles. The molecule has 0 amide bonds. The molecule has 0 spiro atoms. The van der Waals surface area contributed by atoms with Gasteiger partial charge in [0, 0.05) is 45.1 Å². The molecule has 5 aromatic rings. The summed E-state index contributed by atoms with van der Waals surface area (Å²) in [7, 11) is -8.20. The Labute approximate surface area is 328 Å². The molecule has 0 atom stereocenters. The van der Waals surface area contributed by atoms with Crippen LogP contribution in [0.4, 0.5) is 5.82 Å². The first-order chi connectivity index (χ1) is 25.0. The third kappa shape index (κ3) is 24.3. The molecule has 0 N–H and O–H groups in total. The number of methoxy groups -OCH3 is 1. The summed E-state index contributed by atoms with van der Waals surface area (Å²) < 4.78 is 73.3. The minimum Gasteiger partial charge on any atom is -0.497 e. The number of nitrogens with zero attached hydrogens (tertiary/aromatic N) is 5. The van der Waals surface area contributed by atoms with Gasteiger partial charge >= 0.3 is 17.1 Å². The molecule has 293 valence electrons. The van der Waals surface area contributed by atoms with Crippen molar-refractivity contribution in [3.63, 3.8) is 0 Å². The number of pyridine rings is 3. The molecule has 0 aliphatic rings. The number of hydrogen-bond donors (Lipinski definition) is 0. The van der Waals surface area contributed by atoms with Crippen molar-refractivity contribution in [1.82, 2.24) is 19.9 Å². The normalized spacial score (nSPS) is 10.6. The maximum atomic E-state index is 9.44. The number of ketones is 1. The summed E-state index contributed by atoms with van der Waals surface area (Å²) in [5.74, 6) is 1.97. The second kappa shape index (κ2) is 25.1. The molecule has 0 aliphatic heterocycles. The molecule has 18 heteroatoms. The van der Waals surface area contributed by atoms with Crippen molar-refractivity contribution in [1.29, 1.82) is 0 Å². The number of benzene rings is 2. The second-order valence-corrected chi connectivity index (χ2v) is 12.6. The number of ether oxygens (including phenoxy) is 1. The molecular weight excluding hydrogens is 797 g/mol. The molecule has 0 aliphatic carbocycles. The van der Waals surface area contributed by atoms with Crippen LogP contribution in [0.5, 0.6) is 5.75 Å². The Bertz CT molecular complexity index is 1670. The van der Waals surface area contributed by atoms with Gasteiger partial charge in [-0.25, -0.2) is 42.3 Å². The quantitative estimate of drug-likeness (QED) is 0.117. The number of Topliss-reactive ketones (excluding diaryl/α,β-unsaturated/α-hetero) is 1. The van der Waals surface area contributed by atoms with Gasteiger partial charge in [0.15, 0.2) is 0 Å². The van der Waals surface area contributed by atoms with E-state index in [0.717, 1.165) is 41.7 Å². The molecule has 3 heterocycles.